The second-order valence-electron chi connectivity index (χ2n) is 4.29. The van der Waals surface area contributed by atoms with Crippen molar-refractivity contribution in [1.29, 1.82) is 0 Å². The molecule has 96 valence electrons. The largest absolute Gasteiger partial charge is 0.468 e. The zero-order valence-corrected chi connectivity index (χ0v) is 11.2. The van der Waals surface area contributed by atoms with Crippen LogP contribution >= 0.6 is 11.8 Å². The van der Waals surface area contributed by atoms with Crippen molar-refractivity contribution in [2.75, 3.05) is 5.73 Å². The van der Waals surface area contributed by atoms with Crippen LogP contribution in [-0.2, 0) is 11.5 Å². The third-order valence-electron chi connectivity index (χ3n) is 2.97. The summed E-state index contributed by atoms with van der Waals surface area (Å²) in [6.45, 7) is 0. The number of hydrogen-bond acceptors (Lipinski definition) is 4. The molecule has 0 aliphatic rings. The topological polar surface area (TPSA) is 52.0 Å². The van der Waals surface area contributed by atoms with Crippen molar-refractivity contribution < 1.29 is 4.42 Å². The lowest BCUT2D eigenvalue weighted by atomic mass is 10.1. The molecule has 2 N–H and O–H groups in total. The number of hydrogen-bond donors (Lipinski definition) is 1. The highest BCUT2D eigenvalue weighted by atomic mass is 32.2. The first kappa shape index (κ1) is 12.1. The van der Waals surface area contributed by atoms with Gasteiger partial charge in [-0.05, 0) is 35.9 Å². The summed E-state index contributed by atoms with van der Waals surface area (Å²) in [4.78, 5) is 4.44. The number of aromatic nitrogens is 1. The molecule has 0 saturated carbocycles. The van der Waals surface area contributed by atoms with E-state index in [-0.39, 0.29) is 0 Å². The summed E-state index contributed by atoms with van der Waals surface area (Å²) in [7, 11) is 0. The number of furan rings is 1. The van der Waals surface area contributed by atoms with Gasteiger partial charge in [-0.25, -0.2) is 0 Å². The maximum Gasteiger partial charge on any atom is 0.113 e. The van der Waals surface area contributed by atoms with Gasteiger partial charge in [-0.2, -0.15) is 0 Å². The van der Waals surface area contributed by atoms with E-state index in [9.17, 15) is 0 Å². The minimum absolute atomic E-state index is 0.780. The van der Waals surface area contributed by atoms with Gasteiger partial charge in [-0.15, -0.1) is 11.8 Å². The van der Waals surface area contributed by atoms with Crippen molar-refractivity contribution in [3.63, 3.8) is 0 Å². The Hall–Kier alpha value is -1.94. The standard InChI is InChI=1S/C15H14N2OS/c16-14-6-5-11(15-13(14)4-1-7-17-15)9-19-10-12-3-2-8-18-12/h1-8H,9-10,16H2. The molecule has 0 unspecified atom stereocenters. The molecule has 0 saturated heterocycles. The van der Waals surface area contributed by atoms with E-state index in [0.29, 0.717) is 0 Å². The lowest BCUT2D eigenvalue weighted by molar-refractivity contribution is 0.530. The SMILES string of the molecule is Nc1ccc(CSCc2ccco2)c2ncccc12. The number of benzene rings is 1. The van der Waals surface area contributed by atoms with Gasteiger partial charge in [-0.1, -0.05) is 6.07 Å². The van der Waals surface area contributed by atoms with Crippen LogP contribution in [0.25, 0.3) is 10.9 Å². The van der Waals surface area contributed by atoms with E-state index in [2.05, 4.69) is 11.1 Å². The first-order valence-corrected chi connectivity index (χ1v) is 7.22. The van der Waals surface area contributed by atoms with E-state index >= 15 is 0 Å². The van der Waals surface area contributed by atoms with E-state index in [0.717, 1.165) is 33.9 Å². The number of thioether (sulfide) groups is 1. The van der Waals surface area contributed by atoms with E-state index in [1.54, 1.807) is 6.26 Å². The Bertz CT molecular complexity index is 680. The monoisotopic (exact) mass is 270 g/mol. The highest BCUT2D eigenvalue weighted by Crippen LogP contribution is 2.26. The van der Waals surface area contributed by atoms with Crippen LogP contribution in [0.3, 0.4) is 0 Å². The molecule has 2 aromatic heterocycles. The molecule has 0 aliphatic carbocycles. The molecule has 0 atom stereocenters. The zero-order chi connectivity index (χ0) is 13.1. The quantitative estimate of drug-likeness (QED) is 0.732. The fraction of sp³-hybridized carbons (Fsp3) is 0.133. The number of rotatable bonds is 4. The maximum absolute atomic E-state index is 5.97. The second kappa shape index (κ2) is 5.36. The van der Waals surface area contributed by atoms with Crippen molar-refractivity contribution in [2.24, 2.45) is 0 Å². The lowest BCUT2D eigenvalue weighted by Gasteiger charge is -2.07. The molecule has 4 heteroatoms. The third kappa shape index (κ3) is 2.58. The Morgan fingerprint density at radius 3 is 2.89 bits per heavy atom. The molecule has 0 fully saturated rings. The molecular weight excluding hydrogens is 256 g/mol. The Morgan fingerprint density at radius 1 is 1.11 bits per heavy atom. The van der Waals surface area contributed by atoms with E-state index in [1.807, 2.05) is 48.3 Å². The van der Waals surface area contributed by atoms with Crippen LogP contribution in [0.4, 0.5) is 5.69 Å². The van der Waals surface area contributed by atoms with Crippen molar-refractivity contribution in [3.8, 4) is 0 Å². The van der Waals surface area contributed by atoms with Gasteiger partial charge in [0.15, 0.2) is 0 Å². The number of nitrogens with zero attached hydrogens (tertiary/aromatic N) is 1. The molecule has 0 amide bonds. The van der Waals surface area contributed by atoms with Crippen LogP contribution in [0, 0.1) is 0 Å². The predicted octanol–water partition coefficient (Wildman–Crippen LogP) is 3.84. The van der Waals surface area contributed by atoms with E-state index in [1.165, 1.54) is 5.56 Å². The maximum atomic E-state index is 5.97. The number of nitrogen functional groups attached to an aromatic ring is 1. The Morgan fingerprint density at radius 2 is 2.05 bits per heavy atom. The summed E-state index contributed by atoms with van der Waals surface area (Å²) >= 11 is 1.81. The fourth-order valence-electron chi connectivity index (χ4n) is 2.03. The molecule has 2 heterocycles. The Labute approximate surface area is 115 Å². The first-order valence-electron chi connectivity index (χ1n) is 6.07. The number of anilines is 1. The minimum Gasteiger partial charge on any atom is -0.468 e. The molecule has 0 bridgehead atoms. The second-order valence-corrected chi connectivity index (χ2v) is 5.27. The van der Waals surface area contributed by atoms with Gasteiger partial charge in [0, 0.05) is 23.0 Å². The Kier molecular flexibility index (Phi) is 3.42. The number of nitrogens with two attached hydrogens (primary N) is 1. The lowest BCUT2D eigenvalue weighted by Crippen LogP contribution is -1.93. The molecule has 0 spiro atoms. The van der Waals surface area contributed by atoms with E-state index < -0.39 is 0 Å². The molecule has 3 rings (SSSR count). The summed E-state index contributed by atoms with van der Waals surface area (Å²) < 4.78 is 5.32. The molecular formula is C15H14N2OS. The van der Waals surface area contributed by atoms with Crippen LogP contribution < -0.4 is 5.73 Å². The van der Waals surface area contributed by atoms with Crippen LogP contribution in [-0.4, -0.2) is 4.98 Å². The number of pyridine rings is 1. The molecule has 0 radical (unpaired) electrons. The van der Waals surface area contributed by atoms with Crippen LogP contribution in [0.1, 0.15) is 11.3 Å². The minimum atomic E-state index is 0.780. The summed E-state index contributed by atoms with van der Waals surface area (Å²) in [6, 6.07) is 11.8. The molecule has 0 aliphatic heterocycles. The van der Waals surface area contributed by atoms with Crippen molar-refractivity contribution in [2.45, 2.75) is 11.5 Å². The summed E-state index contributed by atoms with van der Waals surface area (Å²) in [5.41, 5.74) is 8.95. The normalized spacial score (nSPS) is 10.9. The van der Waals surface area contributed by atoms with Gasteiger partial charge < -0.3 is 10.2 Å². The van der Waals surface area contributed by atoms with Crippen molar-refractivity contribution in [3.05, 3.63) is 60.2 Å². The highest BCUT2D eigenvalue weighted by Gasteiger charge is 2.05. The molecule has 3 nitrogen and oxygen atoms in total. The first-order chi connectivity index (χ1) is 9.34. The average Bonchev–Trinajstić information content (AvgIpc) is 2.95. The number of fused-ring (bicyclic) bond motifs is 1. The van der Waals surface area contributed by atoms with E-state index in [4.69, 9.17) is 10.2 Å². The third-order valence-corrected chi connectivity index (χ3v) is 3.97. The van der Waals surface area contributed by atoms with Gasteiger partial charge in [0.05, 0.1) is 17.5 Å². The van der Waals surface area contributed by atoms with Gasteiger partial charge in [0.2, 0.25) is 0 Å². The van der Waals surface area contributed by atoms with Crippen LogP contribution in [0.15, 0.2) is 53.3 Å². The molecule has 1 aromatic carbocycles. The van der Waals surface area contributed by atoms with Crippen molar-refractivity contribution in [1.82, 2.24) is 4.98 Å². The highest BCUT2D eigenvalue weighted by molar-refractivity contribution is 7.97. The van der Waals surface area contributed by atoms with Gasteiger partial charge in [0.25, 0.3) is 0 Å². The fourth-order valence-corrected chi connectivity index (χ4v) is 2.95. The van der Waals surface area contributed by atoms with Crippen molar-refractivity contribution >= 4 is 28.4 Å². The van der Waals surface area contributed by atoms with Gasteiger partial charge >= 0.3 is 0 Å². The van der Waals surface area contributed by atoms with Crippen LogP contribution in [0.2, 0.25) is 0 Å². The van der Waals surface area contributed by atoms with Gasteiger partial charge in [-0.3, -0.25) is 4.98 Å². The molecule has 19 heavy (non-hydrogen) atoms. The average molecular weight is 270 g/mol. The smallest absolute Gasteiger partial charge is 0.113 e. The Balaban J connectivity index is 1.79. The summed E-state index contributed by atoms with van der Waals surface area (Å²) in [6.07, 6.45) is 3.51. The zero-order valence-electron chi connectivity index (χ0n) is 10.4. The van der Waals surface area contributed by atoms with Gasteiger partial charge in [0.1, 0.15) is 5.76 Å². The summed E-state index contributed by atoms with van der Waals surface area (Å²) in [5.74, 6) is 2.76. The molecule has 3 aromatic rings. The van der Waals surface area contributed by atoms with Crippen LogP contribution in [0.5, 0.6) is 0 Å². The predicted molar refractivity (Wildman–Crippen MR) is 79.9 cm³/mol. The summed E-state index contributed by atoms with van der Waals surface area (Å²) in [5, 5.41) is 1.03.